The molecule has 0 spiro atoms. The first kappa shape index (κ1) is 17.5. The summed E-state index contributed by atoms with van der Waals surface area (Å²) in [7, 11) is 0. The molecule has 0 atom stereocenters. The van der Waals surface area contributed by atoms with Gasteiger partial charge in [0.1, 0.15) is 5.75 Å². The van der Waals surface area contributed by atoms with Crippen molar-refractivity contribution in [3.8, 4) is 5.75 Å². The first-order valence-electron chi connectivity index (χ1n) is 6.93. The molecule has 2 rings (SSSR count). The summed E-state index contributed by atoms with van der Waals surface area (Å²) >= 11 is 13.1. The fourth-order valence-corrected chi connectivity index (χ4v) is 3.43. The van der Waals surface area contributed by atoms with Gasteiger partial charge < -0.3 is 4.74 Å². The molecule has 0 bridgehead atoms. The van der Waals surface area contributed by atoms with Crippen molar-refractivity contribution in [3.05, 3.63) is 55.4 Å². The molecule has 0 aliphatic carbocycles. The Morgan fingerprint density at radius 3 is 2.73 bits per heavy atom. The Balaban J connectivity index is 2.39. The molecule has 2 aromatic carbocycles. The maximum atomic E-state index is 6.04. The third-order valence-corrected chi connectivity index (χ3v) is 4.28. The average Bonchev–Trinajstić information content (AvgIpc) is 2.47. The standard InChI is InChI=1S/C17H16Br2ClNO/c1-3-6-22-17-12(7-13(18)8-15(17)19)10-21-16-9-14(20)5-4-11(16)2/h4-5,7-10H,3,6H2,1-2H3. The van der Waals surface area contributed by atoms with Gasteiger partial charge in [0.25, 0.3) is 0 Å². The van der Waals surface area contributed by atoms with Gasteiger partial charge >= 0.3 is 0 Å². The summed E-state index contributed by atoms with van der Waals surface area (Å²) in [6.45, 7) is 4.75. The zero-order valence-electron chi connectivity index (χ0n) is 12.4. The smallest absolute Gasteiger partial charge is 0.142 e. The molecule has 2 aromatic rings. The Kier molecular flexibility index (Phi) is 6.48. The Morgan fingerprint density at radius 2 is 2.00 bits per heavy atom. The van der Waals surface area contributed by atoms with Crippen LogP contribution in [-0.2, 0) is 0 Å². The summed E-state index contributed by atoms with van der Waals surface area (Å²) in [5, 5.41) is 0.677. The molecule has 2 nitrogen and oxygen atoms in total. The van der Waals surface area contributed by atoms with Crippen LogP contribution in [0.3, 0.4) is 0 Å². The fraction of sp³-hybridized carbons (Fsp3) is 0.235. The fourth-order valence-electron chi connectivity index (χ4n) is 1.89. The van der Waals surface area contributed by atoms with Crippen molar-refractivity contribution >= 4 is 55.4 Å². The van der Waals surface area contributed by atoms with Gasteiger partial charge in [0.05, 0.1) is 16.8 Å². The molecule has 0 aromatic heterocycles. The second kappa shape index (κ2) is 8.14. The van der Waals surface area contributed by atoms with Crippen LogP contribution in [0.5, 0.6) is 5.75 Å². The lowest BCUT2D eigenvalue weighted by Gasteiger charge is -2.11. The van der Waals surface area contributed by atoms with E-state index in [0.29, 0.717) is 11.6 Å². The summed E-state index contributed by atoms with van der Waals surface area (Å²) < 4.78 is 7.70. The van der Waals surface area contributed by atoms with Gasteiger partial charge in [0, 0.05) is 21.3 Å². The molecule has 5 heteroatoms. The quantitative estimate of drug-likeness (QED) is 0.469. The highest BCUT2D eigenvalue weighted by Crippen LogP contribution is 2.33. The molecule has 0 radical (unpaired) electrons. The van der Waals surface area contributed by atoms with Crippen molar-refractivity contribution in [2.75, 3.05) is 6.61 Å². The summed E-state index contributed by atoms with van der Waals surface area (Å²) in [5.41, 5.74) is 2.84. The molecular formula is C17H16Br2ClNO. The predicted octanol–water partition coefficient (Wildman–Crippen LogP) is 6.71. The molecule has 0 aliphatic heterocycles. The molecule has 0 saturated carbocycles. The minimum absolute atomic E-state index is 0.664. The summed E-state index contributed by atoms with van der Waals surface area (Å²) in [6, 6.07) is 9.63. The monoisotopic (exact) mass is 443 g/mol. The number of halogens is 3. The van der Waals surface area contributed by atoms with Crippen LogP contribution >= 0.6 is 43.5 Å². The van der Waals surface area contributed by atoms with Gasteiger partial charge in [-0.1, -0.05) is 40.5 Å². The van der Waals surface area contributed by atoms with E-state index in [9.17, 15) is 0 Å². The highest BCUT2D eigenvalue weighted by Gasteiger charge is 2.09. The predicted molar refractivity (Wildman–Crippen MR) is 101 cm³/mol. The Morgan fingerprint density at radius 1 is 1.23 bits per heavy atom. The SMILES string of the molecule is CCCOc1c(Br)cc(Br)cc1C=Nc1cc(Cl)ccc1C. The highest BCUT2D eigenvalue weighted by atomic mass is 79.9. The van der Waals surface area contributed by atoms with Gasteiger partial charge in [-0.3, -0.25) is 4.99 Å². The van der Waals surface area contributed by atoms with Crippen LogP contribution in [-0.4, -0.2) is 12.8 Å². The molecule has 22 heavy (non-hydrogen) atoms. The zero-order chi connectivity index (χ0) is 16.1. The summed E-state index contributed by atoms with van der Waals surface area (Å²) in [4.78, 5) is 4.56. The van der Waals surface area contributed by atoms with Crippen molar-refractivity contribution in [1.29, 1.82) is 0 Å². The maximum absolute atomic E-state index is 6.04. The van der Waals surface area contributed by atoms with Gasteiger partial charge in [-0.05, 0) is 59.1 Å². The number of nitrogens with zero attached hydrogens (tertiary/aromatic N) is 1. The van der Waals surface area contributed by atoms with Gasteiger partial charge in [0.15, 0.2) is 0 Å². The number of ether oxygens (including phenoxy) is 1. The molecule has 0 fully saturated rings. The Labute approximate surface area is 152 Å². The van der Waals surface area contributed by atoms with Crippen molar-refractivity contribution in [3.63, 3.8) is 0 Å². The van der Waals surface area contributed by atoms with E-state index in [4.69, 9.17) is 16.3 Å². The van der Waals surface area contributed by atoms with E-state index in [1.807, 2.05) is 37.3 Å². The van der Waals surface area contributed by atoms with E-state index in [0.717, 1.165) is 37.9 Å². The van der Waals surface area contributed by atoms with E-state index in [1.165, 1.54) is 0 Å². The second-order valence-corrected chi connectivity index (χ2v) is 7.05. The number of benzene rings is 2. The van der Waals surface area contributed by atoms with Crippen molar-refractivity contribution in [2.45, 2.75) is 20.3 Å². The van der Waals surface area contributed by atoms with E-state index in [-0.39, 0.29) is 0 Å². The van der Waals surface area contributed by atoms with Crippen LogP contribution in [0, 0.1) is 6.92 Å². The first-order valence-corrected chi connectivity index (χ1v) is 8.89. The molecule has 0 heterocycles. The normalized spacial score (nSPS) is 11.1. The van der Waals surface area contributed by atoms with Crippen molar-refractivity contribution in [1.82, 2.24) is 0 Å². The van der Waals surface area contributed by atoms with Gasteiger partial charge in [0.2, 0.25) is 0 Å². The van der Waals surface area contributed by atoms with Crippen LogP contribution in [0.4, 0.5) is 5.69 Å². The van der Waals surface area contributed by atoms with E-state index < -0.39 is 0 Å². The van der Waals surface area contributed by atoms with Crippen LogP contribution in [0.15, 0.2) is 44.3 Å². The van der Waals surface area contributed by atoms with Crippen LogP contribution < -0.4 is 4.74 Å². The minimum Gasteiger partial charge on any atom is -0.492 e. The molecule has 0 aliphatic rings. The Bertz CT molecular complexity index is 701. The lowest BCUT2D eigenvalue weighted by Crippen LogP contribution is -1.99. The second-order valence-electron chi connectivity index (χ2n) is 4.84. The molecule has 0 amide bonds. The first-order chi connectivity index (χ1) is 10.5. The largest absolute Gasteiger partial charge is 0.492 e. The highest BCUT2D eigenvalue weighted by molar-refractivity contribution is 9.11. The number of hydrogen-bond acceptors (Lipinski definition) is 2. The van der Waals surface area contributed by atoms with Gasteiger partial charge in [-0.2, -0.15) is 0 Å². The van der Waals surface area contributed by atoms with Crippen molar-refractivity contribution in [2.24, 2.45) is 4.99 Å². The van der Waals surface area contributed by atoms with Crippen LogP contribution in [0.1, 0.15) is 24.5 Å². The number of aryl methyl sites for hydroxylation is 1. The lowest BCUT2D eigenvalue weighted by atomic mass is 10.2. The Hall–Kier alpha value is -0.840. The lowest BCUT2D eigenvalue weighted by molar-refractivity contribution is 0.315. The average molecular weight is 446 g/mol. The molecular weight excluding hydrogens is 429 g/mol. The zero-order valence-corrected chi connectivity index (χ0v) is 16.3. The molecule has 0 N–H and O–H groups in total. The summed E-state index contributed by atoms with van der Waals surface area (Å²) in [6.07, 6.45) is 2.76. The number of aliphatic imine (C=N–C) groups is 1. The third-order valence-electron chi connectivity index (χ3n) is 3.00. The van der Waals surface area contributed by atoms with E-state index >= 15 is 0 Å². The third kappa shape index (κ3) is 4.58. The molecule has 116 valence electrons. The van der Waals surface area contributed by atoms with E-state index in [2.05, 4.69) is 43.8 Å². The van der Waals surface area contributed by atoms with E-state index in [1.54, 1.807) is 6.21 Å². The summed E-state index contributed by atoms with van der Waals surface area (Å²) in [5.74, 6) is 0.800. The topological polar surface area (TPSA) is 21.6 Å². The van der Waals surface area contributed by atoms with Crippen LogP contribution in [0.25, 0.3) is 0 Å². The maximum Gasteiger partial charge on any atom is 0.142 e. The van der Waals surface area contributed by atoms with Crippen LogP contribution in [0.2, 0.25) is 5.02 Å². The van der Waals surface area contributed by atoms with Crippen molar-refractivity contribution < 1.29 is 4.74 Å². The van der Waals surface area contributed by atoms with Gasteiger partial charge in [-0.15, -0.1) is 0 Å². The number of rotatable bonds is 5. The van der Waals surface area contributed by atoms with Gasteiger partial charge in [-0.25, -0.2) is 0 Å². The minimum atomic E-state index is 0.664. The molecule has 0 saturated heterocycles. The number of hydrogen-bond donors (Lipinski definition) is 0. The molecule has 0 unspecified atom stereocenters.